The third kappa shape index (κ3) is 3.26. The van der Waals surface area contributed by atoms with Gasteiger partial charge in [0.2, 0.25) is 0 Å². The quantitative estimate of drug-likeness (QED) is 0.325. The molecular formula is C20H15NO4. The second-order valence-corrected chi connectivity index (χ2v) is 5.69. The molecule has 0 unspecified atom stereocenters. The lowest BCUT2D eigenvalue weighted by Crippen LogP contribution is -2.01. The molecule has 1 N–H and O–H groups in total. The van der Waals surface area contributed by atoms with Crippen LogP contribution in [0.25, 0.3) is 22.4 Å². The maximum absolute atomic E-state index is 11.8. The number of rotatable bonds is 4. The zero-order valence-electron chi connectivity index (χ0n) is 13.5. The Kier molecular flexibility index (Phi) is 4.31. The van der Waals surface area contributed by atoms with E-state index >= 15 is 0 Å². The molecule has 124 valence electrons. The van der Waals surface area contributed by atoms with Crippen LogP contribution in [0.15, 0.2) is 60.7 Å². The Labute approximate surface area is 144 Å². The summed E-state index contributed by atoms with van der Waals surface area (Å²) in [6.07, 6.45) is 1.47. The van der Waals surface area contributed by atoms with Gasteiger partial charge in [-0.3, -0.25) is 10.1 Å². The van der Waals surface area contributed by atoms with E-state index in [9.17, 15) is 20.0 Å². The van der Waals surface area contributed by atoms with Crippen LogP contribution in [-0.4, -0.2) is 16.0 Å². The van der Waals surface area contributed by atoms with Crippen molar-refractivity contribution in [2.24, 2.45) is 0 Å². The first-order valence-corrected chi connectivity index (χ1v) is 7.65. The number of aliphatic carboxylic acids is 1. The van der Waals surface area contributed by atoms with Crippen LogP contribution in [0, 0.1) is 17.0 Å². The molecule has 0 bridgehead atoms. The van der Waals surface area contributed by atoms with E-state index in [1.165, 1.54) is 12.1 Å². The van der Waals surface area contributed by atoms with E-state index in [0.717, 1.165) is 10.8 Å². The van der Waals surface area contributed by atoms with Crippen LogP contribution in [0.2, 0.25) is 0 Å². The van der Waals surface area contributed by atoms with Gasteiger partial charge in [-0.25, -0.2) is 4.79 Å². The number of fused-ring (bicyclic) bond motifs is 1. The van der Waals surface area contributed by atoms with Crippen LogP contribution in [0.4, 0.5) is 5.69 Å². The van der Waals surface area contributed by atoms with Crippen LogP contribution < -0.4 is 0 Å². The molecule has 0 heterocycles. The Morgan fingerprint density at radius 1 is 1.08 bits per heavy atom. The van der Waals surface area contributed by atoms with Crippen LogP contribution in [0.5, 0.6) is 0 Å². The molecule has 25 heavy (non-hydrogen) atoms. The Morgan fingerprint density at radius 2 is 1.80 bits per heavy atom. The largest absolute Gasteiger partial charge is 0.478 e. The van der Waals surface area contributed by atoms with E-state index in [2.05, 4.69) is 0 Å². The zero-order chi connectivity index (χ0) is 18.0. The molecule has 0 aromatic heterocycles. The van der Waals surface area contributed by atoms with E-state index in [1.54, 1.807) is 31.2 Å². The summed E-state index contributed by atoms with van der Waals surface area (Å²) < 4.78 is 0. The molecule has 0 radical (unpaired) electrons. The fraction of sp³-hybridized carbons (Fsp3) is 0.0500. The van der Waals surface area contributed by atoms with Crippen molar-refractivity contribution in [3.63, 3.8) is 0 Å². The van der Waals surface area contributed by atoms with Gasteiger partial charge in [0.1, 0.15) is 0 Å². The third-order valence-corrected chi connectivity index (χ3v) is 4.05. The minimum atomic E-state index is -1.08. The highest BCUT2D eigenvalue weighted by Gasteiger charge is 2.15. The molecular weight excluding hydrogens is 318 g/mol. The lowest BCUT2D eigenvalue weighted by atomic mass is 9.96. The Morgan fingerprint density at radius 3 is 2.52 bits per heavy atom. The number of hydrogen-bond donors (Lipinski definition) is 1. The highest BCUT2D eigenvalue weighted by molar-refractivity contribution is 6.23. The topological polar surface area (TPSA) is 80.4 Å². The number of nitro groups is 1. The van der Waals surface area contributed by atoms with Crippen molar-refractivity contribution >= 4 is 34.1 Å². The maximum atomic E-state index is 11.8. The monoisotopic (exact) mass is 333 g/mol. The third-order valence-electron chi connectivity index (χ3n) is 4.05. The van der Waals surface area contributed by atoms with Crippen molar-refractivity contribution in [1.29, 1.82) is 0 Å². The molecule has 0 aliphatic heterocycles. The number of aryl methyl sites for hydroxylation is 1. The van der Waals surface area contributed by atoms with Gasteiger partial charge >= 0.3 is 5.97 Å². The van der Waals surface area contributed by atoms with Gasteiger partial charge in [-0.05, 0) is 34.9 Å². The first-order chi connectivity index (χ1) is 12.0. The van der Waals surface area contributed by atoms with Gasteiger partial charge in [-0.2, -0.15) is 0 Å². The zero-order valence-corrected chi connectivity index (χ0v) is 13.5. The summed E-state index contributed by atoms with van der Waals surface area (Å²) in [5.74, 6) is -1.08. The molecule has 5 nitrogen and oxygen atoms in total. The van der Waals surface area contributed by atoms with Crippen molar-refractivity contribution < 1.29 is 14.8 Å². The Hall–Kier alpha value is -3.47. The molecule has 3 aromatic rings. The summed E-state index contributed by atoms with van der Waals surface area (Å²) in [4.78, 5) is 22.5. The number of carbonyl (C=O) groups is 1. The number of nitro benzene ring substituents is 1. The van der Waals surface area contributed by atoms with Crippen LogP contribution in [0.3, 0.4) is 0 Å². The normalized spacial score (nSPS) is 11.5. The minimum Gasteiger partial charge on any atom is -0.478 e. The minimum absolute atomic E-state index is 0.0311. The fourth-order valence-corrected chi connectivity index (χ4v) is 2.79. The molecule has 0 atom stereocenters. The summed E-state index contributed by atoms with van der Waals surface area (Å²) in [6.45, 7) is 1.65. The second-order valence-electron chi connectivity index (χ2n) is 5.69. The van der Waals surface area contributed by atoms with Crippen molar-refractivity contribution in [2.45, 2.75) is 6.92 Å². The van der Waals surface area contributed by atoms with Crippen molar-refractivity contribution in [2.75, 3.05) is 0 Å². The summed E-state index contributed by atoms with van der Waals surface area (Å²) in [7, 11) is 0. The molecule has 0 amide bonds. The van der Waals surface area contributed by atoms with Gasteiger partial charge < -0.3 is 5.11 Å². The maximum Gasteiger partial charge on any atom is 0.336 e. The SMILES string of the molecule is Cc1ccc(/C=C(\C(=O)O)c2cccc3ccccc23)cc1[N+](=O)[O-]. The van der Waals surface area contributed by atoms with Gasteiger partial charge in [0.25, 0.3) is 5.69 Å². The Balaban J connectivity index is 2.20. The number of benzene rings is 3. The average Bonchev–Trinajstić information content (AvgIpc) is 2.60. The summed E-state index contributed by atoms with van der Waals surface area (Å²) in [5.41, 5.74) is 1.65. The Bertz CT molecular complexity index is 1020. The van der Waals surface area contributed by atoms with Crippen molar-refractivity contribution in [3.8, 4) is 0 Å². The molecule has 3 rings (SSSR count). The van der Waals surface area contributed by atoms with Gasteiger partial charge in [-0.15, -0.1) is 0 Å². The van der Waals surface area contributed by atoms with Crippen LogP contribution in [-0.2, 0) is 4.79 Å². The smallest absolute Gasteiger partial charge is 0.336 e. The van der Waals surface area contributed by atoms with Gasteiger partial charge in [-0.1, -0.05) is 54.6 Å². The summed E-state index contributed by atoms with van der Waals surface area (Å²) >= 11 is 0. The van der Waals surface area contributed by atoms with E-state index in [-0.39, 0.29) is 11.3 Å². The number of carboxylic acid groups (broad SMARTS) is 1. The van der Waals surface area contributed by atoms with E-state index in [4.69, 9.17) is 0 Å². The second kappa shape index (κ2) is 6.57. The van der Waals surface area contributed by atoms with E-state index < -0.39 is 10.9 Å². The van der Waals surface area contributed by atoms with Crippen molar-refractivity contribution in [3.05, 3.63) is 87.5 Å². The molecule has 5 heteroatoms. The first-order valence-electron chi connectivity index (χ1n) is 7.65. The molecule has 0 fully saturated rings. The highest BCUT2D eigenvalue weighted by atomic mass is 16.6. The van der Waals surface area contributed by atoms with Crippen LogP contribution in [0.1, 0.15) is 16.7 Å². The number of carboxylic acids is 1. The number of nitrogens with zero attached hydrogens (tertiary/aromatic N) is 1. The van der Waals surface area contributed by atoms with E-state index in [0.29, 0.717) is 16.7 Å². The molecule has 0 aliphatic rings. The lowest BCUT2D eigenvalue weighted by molar-refractivity contribution is -0.385. The van der Waals surface area contributed by atoms with Crippen LogP contribution >= 0.6 is 0 Å². The molecule has 0 saturated carbocycles. The fourth-order valence-electron chi connectivity index (χ4n) is 2.79. The highest BCUT2D eigenvalue weighted by Crippen LogP contribution is 2.28. The van der Waals surface area contributed by atoms with E-state index in [1.807, 2.05) is 30.3 Å². The van der Waals surface area contributed by atoms with Gasteiger partial charge in [0, 0.05) is 11.6 Å². The first kappa shape index (κ1) is 16.4. The molecule has 3 aromatic carbocycles. The lowest BCUT2D eigenvalue weighted by Gasteiger charge is -2.08. The number of hydrogen-bond acceptors (Lipinski definition) is 3. The van der Waals surface area contributed by atoms with Crippen molar-refractivity contribution in [1.82, 2.24) is 0 Å². The standard InChI is InChI=1S/C20H15NO4/c1-13-9-10-14(12-19(13)21(24)25)11-18(20(22)23)17-8-4-6-15-5-2-3-7-16(15)17/h2-12H,1H3,(H,22,23)/b18-11-. The molecule has 0 spiro atoms. The van der Waals surface area contributed by atoms with Gasteiger partial charge in [0.15, 0.2) is 0 Å². The summed E-state index contributed by atoms with van der Waals surface area (Å²) in [6, 6.07) is 17.6. The average molecular weight is 333 g/mol. The predicted molar refractivity (Wildman–Crippen MR) is 97.3 cm³/mol. The summed E-state index contributed by atoms with van der Waals surface area (Å²) in [5, 5.41) is 22.5. The molecule has 0 saturated heterocycles. The molecule has 0 aliphatic carbocycles. The van der Waals surface area contributed by atoms with Gasteiger partial charge in [0.05, 0.1) is 10.5 Å². The predicted octanol–water partition coefficient (Wildman–Crippen LogP) is 4.68.